The Morgan fingerprint density at radius 1 is 1.38 bits per heavy atom. The monoisotopic (exact) mass is 399 g/mol. The second-order valence-corrected chi connectivity index (χ2v) is 6.14. The average Bonchev–Trinajstić information content (AvgIpc) is 2.94. The maximum absolute atomic E-state index is 11.7. The molecule has 2 aromatic rings. The zero-order chi connectivity index (χ0) is 15.2. The lowest BCUT2D eigenvalue weighted by Crippen LogP contribution is -2.32. The van der Waals surface area contributed by atoms with Crippen molar-refractivity contribution in [3.8, 4) is 11.4 Å². The number of amides is 1. The van der Waals surface area contributed by atoms with Gasteiger partial charge in [0.25, 0.3) is 0 Å². The summed E-state index contributed by atoms with van der Waals surface area (Å²) in [6.45, 7) is 4.02. The molecule has 0 saturated carbocycles. The molecule has 1 amide bonds. The first-order valence-corrected chi connectivity index (χ1v) is 8.04. The van der Waals surface area contributed by atoms with E-state index in [1.165, 1.54) is 0 Å². The molecule has 1 atom stereocenters. The number of aromatic nitrogens is 2. The summed E-state index contributed by atoms with van der Waals surface area (Å²) < 4.78 is 6.34. The molecule has 1 heterocycles. The molecule has 0 aliphatic heterocycles. The highest BCUT2D eigenvalue weighted by atomic mass is 127. The van der Waals surface area contributed by atoms with Gasteiger partial charge in [0, 0.05) is 28.0 Å². The molecule has 0 bridgehead atoms. The molecule has 5 nitrogen and oxygen atoms in total. The maximum Gasteiger partial charge on any atom is 0.227 e. The van der Waals surface area contributed by atoms with E-state index in [2.05, 4.69) is 38.0 Å². The Kier molecular flexibility index (Phi) is 5.72. The number of hydrogen-bond acceptors (Lipinski definition) is 4. The summed E-state index contributed by atoms with van der Waals surface area (Å²) in [7, 11) is 0. The quantitative estimate of drug-likeness (QED) is 0.758. The maximum atomic E-state index is 11.7. The fourth-order valence-corrected chi connectivity index (χ4v) is 2.10. The van der Waals surface area contributed by atoms with E-state index in [4.69, 9.17) is 4.52 Å². The zero-order valence-corrected chi connectivity index (χ0v) is 14.3. The van der Waals surface area contributed by atoms with E-state index in [1.807, 2.05) is 38.1 Å². The smallest absolute Gasteiger partial charge is 0.227 e. The van der Waals surface area contributed by atoms with Crippen molar-refractivity contribution in [1.29, 1.82) is 0 Å². The van der Waals surface area contributed by atoms with Crippen LogP contribution in [0.2, 0.25) is 0 Å². The molecular weight excluding hydrogens is 381 g/mol. The van der Waals surface area contributed by atoms with Crippen LogP contribution in [-0.4, -0.2) is 22.1 Å². The first kappa shape index (κ1) is 15.9. The van der Waals surface area contributed by atoms with Crippen molar-refractivity contribution in [2.75, 3.05) is 0 Å². The van der Waals surface area contributed by atoms with Gasteiger partial charge in [-0.15, -0.1) is 0 Å². The highest BCUT2D eigenvalue weighted by Crippen LogP contribution is 2.17. The number of nitrogens with zero attached hydrogens (tertiary/aromatic N) is 2. The van der Waals surface area contributed by atoms with E-state index in [1.54, 1.807) is 0 Å². The number of aryl methyl sites for hydroxylation is 1. The number of rotatable bonds is 6. The Morgan fingerprint density at radius 3 is 2.76 bits per heavy atom. The first-order valence-electron chi connectivity index (χ1n) is 6.96. The van der Waals surface area contributed by atoms with E-state index in [9.17, 15) is 4.79 Å². The standard InChI is InChI=1S/C15H18IN3O2/c1-3-10(2)17-13(20)8-9-14-18-15(19-21-14)11-4-6-12(16)7-5-11/h4-7,10H,3,8-9H2,1-2H3,(H,17,20)/t10-/m1/s1. The average molecular weight is 399 g/mol. The number of halogens is 1. The van der Waals surface area contributed by atoms with Gasteiger partial charge in [-0.05, 0) is 48.1 Å². The predicted octanol–water partition coefficient (Wildman–Crippen LogP) is 3.19. The Bertz CT molecular complexity index is 595. The Labute approximate surface area is 137 Å². The van der Waals surface area contributed by atoms with Gasteiger partial charge in [-0.25, -0.2) is 0 Å². The molecule has 0 spiro atoms. The molecule has 21 heavy (non-hydrogen) atoms. The van der Waals surface area contributed by atoms with E-state index in [0.29, 0.717) is 24.6 Å². The van der Waals surface area contributed by atoms with E-state index in [0.717, 1.165) is 15.6 Å². The Morgan fingerprint density at radius 2 is 2.10 bits per heavy atom. The molecule has 1 aromatic carbocycles. The van der Waals surface area contributed by atoms with Crippen molar-refractivity contribution in [3.63, 3.8) is 0 Å². The fourth-order valence-electron chi connectivity index (χ4n) is 1.74. The van der Waals surface area contributed by atoms with Gasteiger partial charge in [-0.1, -0.05) is 24.2 Å². The Balaban J connectivity index is 1.91. The number of carbonyl (C=O) groups excluding carboxylic acids is 1. The Hall–Kier alpha value is -1.44. The van der Waals surface area contributed by atoms with Gasteiger partial charge in [-0.3, -0.25) is 4.79 Å². The van der Waals surface area contributed by atoms with Crippen LogP contribution in [0.4, 0.5) is 0 Å². The summed E-state index contributed by atoms with van der Waals surface area (Å²) in [5.41, 5.74) is 0.912. The third-order valence-electron chi connectivity index (χ3n) is 3.16. The number of benzene rings is 1. The summed E-state index contributed by atoms with van der Waals surface area (Å²) in [5.74, 6) is 1.06. The zero-order valence-electron chi connectivity index (χ0n) is 12.1. The normalized spacial score (nSPS) is 12.1. The minimum Gasteiger partial charge on any atom is -0.354 e. The van der Waals surface area contributed by atoms with Gasteiger partial charge in [0.1, 0.15) is 0 Å². The number of hydrogen-bond donors (Lipinski definition) is 1. The molecule has 0 unspecified atom stereocenters. The van der Waals surface area contributed by atoms with E-state index >= 15 is 0 Å². The van der Waals surface area contributed by atoms with E-state index < -0.39 is 0 Å². The van der Waals surface area contributed by atoms with Crippen LogP contribution in [0.5, 0.6) is 0 Å². The van der Waals surface area contributed by atoms with Crippen LogP contribution in [-0.2, 0) is 11.2 Å². The highest BCUT2D eigenvalue weighted by Gasteiger charge is 2.11. The summed E-state index contributed by atoms with van der Waals surface area (Å²) >= 11 is 2.25. The molecule has 0 fully saturated rings. The van der Waals surface area contributed by atoms with Gasteiger partial charge < -0.3 is 9.84 Å². The van der Waals surface area contributed by atoms with Crippen LogP contribution in [0.25, 0.3) is 11.4 Å². The number of carbonyl (C=O) groups is 1. The molecule has 0 saturated heterocycles. The predicted molar refractivity (Wildman–Crippen MR) is 88.7 cm³/mol. The molecule has 112 valence electrons. The van der Waals surface area contributed by atoms with Gasteiger partial charge in [-0.2, -0.15) is 4.98 Å². The molecule has 0 aliphatic rings. The minimum atomic E-state index is 0.0124. The van der Waals surface area contributed by atoms with Crippen molar-refractivity contribution >= 4 is 28.5 Å². The number of nitrogens with one attached hydrogen (secondary N) is 1. The molecule has 1 N–H and O–H groups in total. The molecule has 2 rings (SSSR count). The van der Waals surface area contributed by atoms with Crippen molar-refractivity contribution < 1.29 is 9.32 Å². The van der Waals surface area contributed by atoms with Gasteiger partial charge in [0.15, 0.2) is 0 Å². The third-order valence-corrected chi connectivity index (χ3v) is 3.88. The lowest BCUT2D eigenvalue weighted by atomic mass is 10.2. The van der Waals surface area contributed by atoms with Crippen LogP contribution >= 0.6 is 22.6 Å². The van der Waals surface area contributed by atoms with Crippen molar-refractivity contribution in [2.24, 2.45) is 0 Å². The fraction of sp³-hybridized carbons (Fsp3) is 0.400. The van der Waals surface area contributed by atoms with Gasteiger partial charge in [0.2, 0.25) is 17.6 Å². The SMILES string of the molecule is CC[C@@H](C)NC(=O)CCc1nc(-c2ccc(I)cc2)no1. The molecule has 6 heteroatoms. The van der Waals surface area contributed by atoms with Crippen LogP contribution in [0.3, 0.4) is 0 Å². The first-order chi connectivity index (χ1) is 10.1. The van der Waals surface area contributed by atoms with Gasteiger partial charge in [0.05, 0.1) is 0 Å². The summed E-state index contributed by atoms with van der Waals surface area (Å²) in [6.07, 6.45) is 1.74. The summed E-state index contributed by atoms with van der Waals surface area (Å²) in [4.78, 5) is 16.0. The summed E-state index contributed by atoms with van der Waals surface area (Å²) in [5, 5.41) is 6.87. The second-order valence-electron chi connectivity index (χ2n) is 4.90. The van der Waals surface area contributed by atoms with Crippen LogP contribution in [0, 0.1) is 3.57 Å². The molecule has 1 aromatic heterocycles. The molecule has 0 radical (unpaired) electrons. The minimum absolute atomic E-state index is 0.0124. The van der Waals surface area contributed by atoms with Crippen molar-refractivity contribution in [3.05, 3.63) is 33.7 Å². The molecular formula is C15H18IN3O2. The molecule has 0 aliphatic carbocycles. The van der Waals surface area contributed by atoms with Crippen molar-refractivity contribution in [1.82, 2.24) is 15.5 Å². The van der Waals surface area contributed by atoms with Crippen LogP contribution in [0.15, 0.2) is 28.8 Å². The topological polar surface area (TPSA) is 68.0 Å². The second kappa shape index (κ2) is 7.53. The largest absolute Gasteiger partial charge is 0.354 e. The summed E-state index contributed by atoms with van der Waals surface area (Å²) in [6, 6.07) is 8.08. The van der Waals surface area contributed by atoms with Crippen molar-refractivity contribution in [2.45, 2.75) is 39.2 Å². The highest BCUT2D eigenvalue weighted by molar-refractivity contribution is 14.1. The lowest BCUT2D eigenvalue weighted by molar-refractivity contribution is -0.121. The van der Waals surface area contributed by atoms with Crippen LogP contribution < -0.4 is 5.32 Å². The van der Waals surface area contributed by atoms with Crippen LogP contribution in [0.1, 0.15) is 32.6 Å². The lowest BCUT2D eigenvalue weighted by Gasteiger charge is -2.10. The van der Waals surface area contributed by atoms with Gasteiger partial charge >= 0.3 is 0 Å². The third kappa shape index (κ3) is 4.80. The van der Waals surface area contributed by atoms with E-state index in [-0.39, 0.29) is 11.9 Å².